The zero-order chi connectivity index (χ0) is 20.3. The lowest BCUT2D eigenvalue weighted by Crippen LogP contribution is -2.45. The van der Waals surface area contributed by atoms with Gasteiger partial charge in [0.1, 0.15) is 17.7 Å². The van der Waals surface area contributed by atoms with Crippen molar-refractivity contribution in [3.8, 4) is 0 Å². The van der Waals surface area contributed by atoms with Gasteiger partial charge in [-0.2, -0.15) is 0 Å². The number of hydrogen-bond donors (Lipinski definition) is 2. The van der Waals surface area contributed by atoms with Gasteiger partial charge in [-0.3, -0.25) is 9.59 Å². The number of anilines is 1. The van der Waals surface area contributed by atoms with Crippen LogP contribution in [0.4, 0.5) is 14.5 Å². The molecule has 2 aromatic carbocycles. The number of nitrogens with one attached hydrogen (secondary N) is 1. The lowest BCUT2D eigenvalue weighted by atomic mass is 10.0. The third kappa shape index (κ3) is 4.33. The fraction of sp³-hybridized carbons (Fsp3) is 0.250. The van der Waals surface area contributed by atoms with Crippen LogP contribution in [0.5, 0.6) is 0 Å². The van der Waals surface area contributed by atoms with Crippen molar-refractivity contribution >= 4 is 23.5 Å². The molecule has 1 saturated heterocycles. The first-order valence-electron chi connectivity index (χ1n) is 8.67. The molecule has 2 amide bonds. The maximum Gasteiger partial charge on any atom is 0.326 e. The number of amides is 2. The Labute approximate surface area is 159 Å². The number of aliphatic carboxylic acids is 1. The molecule has 0 saturated carbocycles. The number of carboxylic acids is 1. The summed E-state index contributed by atoms with van der Waals surface area (Å²) >= 11 is 0. The molecular formula is C20H18F2N2O4. The Morgan fingerprint density at radius 2 is 1.89 bits per heavy atom. The number of halogens is 2. The minimum absolute atomic E-state index is 0.0961. The fourth-order valence-electron chi connectivity index (χ4n) is 3.16. The van der Waals surface area contributed by atoms with E-state index in [1.54, 1.807) is 30.3 Å². The standard InChI is InChI=1S/C20H18F2N2O4/c21-14-6-7-17(15(22)10-14)24-11-13(9-18(24)25)19(26)23-16(20(27)28)8-12-4-2-1-3-5-12/h1-7,10,13,16H,8-9,11H2,(H,23,26)(H,27,28)/t13?,16-/m1/s1. The van der Waals surface area contributed by atoms with Crippen LogP contribution in [-0.2, 0) is 20.8 Å². The molecule has 0 spiro atoms. The Morgan fingerprint density at radius 1 is 1.18 bits per heavy atom. The summed E-state index contributed by atoms with van der Waals surface area (Å²) in [7, 11) is 0. The second kappa shape index (κ2) is 8.16. The van der Waals surface area contributed by atoms with Crippen LogP contribution < -0.4 is 10.2 Å². The molecule has 1 fully saturated rings. The summed E-state index contributed by atoms with van der Waals surface area (Å²) in [6, 6.07) is 10.5. The van der Waals surface area contributed by atoms with Crippen LogP contribution in [0.3, 0.4) is 0 Å². The van der Waals surface area contributed by atoms with E-state index in [4.69, 9.17) is 0 Å². The van der Waals surface area contributed by atoms with E-state index in [0.29, 0.717) is 6.07 Å². The number of carbonyl (C=O) groups is 3. The number of nitrogens with zero attached hydrogens (tertiary/aromatic N) is 1. The molecule has 0 aliphatic carbocycles. The van der Waals surface area contributed by atoms with E-state index < -0.39 is 41.4 Å². The summed E-state index contributed by atoms with van der Waals surface area (Å²) in [5.74, 6) is -4.77. The van der Waals surface area contributed by atoms with E-state index in [2.05, 4.69) is 5.32 Å². The Morgan fingerprint density at radius 3 is 2.54 bits per heavy atom. The van der Waals surface area contributed by atoms with Crippen LogP contribution >= 0.6 is 0 Å². The normalized spacial score (nSPS) is 17.4. The SMILES string of the molecule is O=C(N[C@H](Cc1ccccc1)C(=O)O)C1CC(=O)N(c2ccc(F)cc2F)C1. The van der Waals surface area contributed by atoms with E-state index in [0.717, 1.165) is 22.6 Å². The summed E-state index contributed by atoms with van der Waals surface area (Å²) in [4.78, 5) is 37.3. The Kier molecular flexibility index (Phi) is 5.67. The monoisotopic (exact) mass is 388 g/mol. The molecule has 146 valence electrons. The topological polar surface area (TPSA) is 86.7 Å². The smallest absolute Gasteiger partial charge is 0.326 e. The van der Waals surface area contributed by atoms with E-state index in [1.807, 2.05) is 0 Å². The molecular weight excluding hydrogens is 370 g/mol. The Balaban J connectivity index is 1.68. The molecule has 8 heteroatoms. The van der Waals surface area contributed by atoms with E-state index >= 15 is 0 Å². The number of carbonyl (C=O) groups excluding carboxylic acids is 2. The molecule has 0 bridgehead atoms. The quantitative estimate of drug-likeness (QED) is 0.794. The van der Waals surface area contributed by atoms with Crippen molar-refractivity contribution < 1.29 is 28.3 Å². The molecule has 1 aliphatic rings. The highest BCUT2D eigenvalue weighted by Crippen LogP contribution is 2.28. The van der Waals surface area contributed by atoms with Crippen LogP contribution in [0.15, 0.2) is 48.5 Å². The van der Waals surface area contributed by atoms with Crippen molar-refractivity contribution in [2.75, 3.05) is 11.4 Å². The second-order valence-corrected chi connectivity index (χ2v) is 6.59. The molecule has 3 rings (SSSR count). The number of benzene rings is 2. The summed E-state index contributed by atoms with van der Waals surface area (Å²) < 4.78 is 27.0. The van der Waals surface area contributed by atoms with Crippen LogP contribution in [-0.4, -0.2) is 35.5 Å². The van der Waals surface area contributed by atoms with Crippen molar-refractivity contribution in [3.05, 3.63) is 65.7 Å². The first kappa shape index (κ1) is 19.5. The van der Waals surface area contributed by atoms with Gasteiger partial charge in [0, 0.05) is 25.5 Å². The molecule has 2 N–H and O–H groups in total. The predicted molar refractivity (Wildman–Crippen MR) is 96.5 cm³/mol. The highest BCUT2D eigenvalue weighted by atomic mass is 19.1. The van der Waals surface area contributed by atoms with Crippen LogP contribution in [0.2, 0.25) is 0 Å². The maximum absolute atomic E-state index is 13.9. The molecule has 28 heavy (non-hydrogen) atoms. The first-order chi connectivity index (χ1) is 13.3. The lowest BCUT2D eigenvalue weighted by molar-refractivity contribution is -0.142. The average Bonchev–Trinajstić information content (AvgIpc) is 3.03. The minimum Gasteiger partial charge on any atom is -0.480 e. The molecule has 0 aromatic heterocycles. The van der Waals surface area contributed by atoms with Gasteiger partial charge >= 0.3 is 5.97 Å². The first-order valence-corrected chi connectivity index (χ1v) is 8.67. The Bertz CT molecular complexity index is 904. The highest BCUT2D eigenvalue weighted by molar-refractivity contribution is 6.00. The van der Waals surface area contributed by atoms with E-state index in [1.165, 1.54) is 0 Å². The van der Waals surface area contributed by atoms with Crippen molar-refractivity contribution in [2.24, 2.45) is 5.92 Å². The van der Waals surface area contributed by atoms with Gasteiger partial charge in [0.25, 0.3) is 0 Å². The van der Waals surface area contributed by atoms with Gasteiger partial charge in [0.15, 0.2) is 0 Å². The largest absolute Gasteiger partial charge is 0.480 e. The molecule has 2 atom stereocenters. The van der Waals surface area contributed by atoms with Crippen molar-refractivity contribution in [3.63, 3.8) is 0 Å². The van der Waals surface area contributed by atoms with Gasteiger partial charge in [-0.15, -0.1) is 0 Å². The van der Waals surface area contributed by atoms with Gasteiger partial charge < -0.3 is 15.3 Å². The van der Waals surface area contributed by atoms with Gasteiger partial charge in [0.2, 0.25) is 11.8 Å². The molecule has 2 aromatic rings. The molecule has 6 nitrogen and oxygen atoms in total. The Hall–Kier alpha value is -3.29. The number of rotatable bonds is 6. The van der Waals surface area contributed by atoms with Crippen LogP contribution in [0.25, 0.3) is 0 Å². The third-order valence-electron chi connectivity index (χ3n) is 4.59. The van der Waals surface area contributed by atoms with Crippen molar-refractivity contribution in [1.29, 1.82) is 0 Å². The number of carboxylic acid groups (broad SMARTS) is 1. The average molecular weight is 388 g/mol. The van der Waals surface area contributed by atoms with Gasteiger partial charge in [-0.25, -0.2) is 13.6 Å². The molecule has 0 radical (unpaired) electrons. The highest BCUT2D eigenvalue weighted by Gasteiger charge is 2.37. The predicted octanol–water partition coefficient (Wildman–Crippen LogP) is 2.13. The minimum atomic E-state index is -1.19. The van der Waals surface area contributed by atoms with Gasteiger partial charge in [-0.05, 0) is 17.7 Å². The number of hydrogen-bond acceptors (Lipinski definition) is 3. The molecule has 1 unspecified atom stereocenters. The zero-order valence-electron chi connectivity index (χ0n) is 14.8. The van der Waals surface area contributed by atoms with Crippen LogP contribution in [0, 0.1) is 17.6 Å². The maximum atomic E-state index is 13.9. The van der Waals surface area contributed by atoms with Gasteiger partial charge in [0.05, 0.1) is 11.6 Å². The summed E-state index contributed by atoms with van der Waals surface area (Å²) in [6.45, 7) is -0.106. The summed E-state index contributed by atoms with van der Waals surface area (Å²) in [5, 5.41) is 11.8. The van der Waals surface area contributed by atoms with Gasteiger partial charge in [-0.1, -0.05) is 30.3 Å². The molecule has 1 heterocycles. The zero-order valence-corrected chi connectivity index (χ0v) is 14.8. The van der Waals surface area contributed by atoms with Crippen LogP contribution in [0.1, 0.15) is 12.0 Å². The molecule has 1 aliphatic heterocycles. The van der Waals surface area contributed by atoms with E-state index in [-0.39, 0.29) is 25.1 Å². The second-order valence-electron chi connectivity index (χ2n) is 6.59. The summed E-state index contributed by atoms with van der Waals surface area (Å²) in [5.41, 5.74) is 0.633. The van der Waals surface area contributed by atoms with Crippen molar-refractivity contribution in [1.82, 2.24) is 5.32 Å². The van der Waals surface area contributed by atoms with E-state index in [9.17, 15) is 28.3 Å². The fourth-order valence-corrected chi connectivity index (χ4v) is 3.16. The lowest BCUT2D eigenvalue weighted by Gasteiger charge is -2.19. The third-order valence-corrected chi connectivity index (χ3v) is 4.59. The van der Waals surface area contributed by atoms with Crippen molar-refractivity contribution in [2.45, 2.75) is 18.9 Å². The summed E-state index contributed by atoms with van der Waals surface area (Å²) in [6.07, 6.45) is -0.0841.